The molecule has 0 spiro atoms. The molecule has 1 N–H and O–H groups in total. The molecule has 0 saturated carbocycles. The monoisotopic (exact) mass is 279 g/mol. The lowest BCUT2D eigenvalue weighted by Gasteiger charge is -2.34. The number of hydrogen-bond acceptors (Lipinski definition) is 4. The number of ether oxygens (including phenoxy) is 1. The molecule has 1 atom stereocenters. The zero-order valence-corrected chi connectivity index (χ0v) is 12.6. The molecule has 1 aliphatic rings. The Morgan fingerprint density at radius 2 is 2.37 bits per heavy atom. The van der Waals surface area contributed by atoms with Crippen LogP contribution in [0.1, 0.15) is 36.0 Å². The van der Waals surface area contributed by atoms with Crippen molar-refractivity contribution < 1.29 is 4.74 Å². The number of rotatable bonds is 3. The Labute approximate surface area is 117 Å². The average molecular weight is 279 g/mol. The van der Waals surface area contributed by atoms with Crippen LogP contribution in [0, 0.1) is 13.8 Å². The van der Waals surface area contributed by atoms with Gasteiger partial charge in [0.1, 0.15) is 0 Å². The molecule has 2 aromatic rings. The summed E-state index contributed by atoms with van der Waals surface area (Å²) in [4.78, 5) is 7.03. The van der Waals surface area contributed by atoms with E-state index in [0.29, 0.717) is 0 Å². The van der Waals surface area contributed by atoms with Crippen LogP contribution in [0.25, 0.3) is 4.96 Å². The Hall–Kier alpha value is -0.910. The second-order valence-electron chi connectivity index (χ2n) is 5.71. The highest BCUT2D eigenvalue weighted by Crippen LogP contribution is 2.23. The number of aromatic nitrogens is 2. The molecule has 1 fully saturated rings. The lowest BCUT2D eigenvalue weighted by Crippen LogP contribution is -2.48. The minimum Gasteiger partial charge on any atom is -0.380 e. The van der Waals surface area contributed by atoms with Crippen LogP contribution in [0.5, 0.6) is 0 Å². The van der Waals surface area contributed by atoms with Gasteiger partial charge < -0.3 is 10.1 Å². The van der Waals surface area contributed by atoms with Crippen molar-refractivity contribution in [3.63, 3.8) is 0 Å². The predicted octanol–water partition coefficient (Wildman–Crippen LogP) is 2.67. The van der Waals surface area contributed by atoms with Gasteiger partial charge in [0.05, 0.1) is 18.0 Å². The van der Waals surface area contributed by atoms with Crippen LogP contribution in [0.2, 0.25) is 0 Å². The highest BCUT2D eigenvalue weighted by molar-refractivity contribution is 7.17. The summed E-state index contributed by atoms with van der Waals surface area (Å²) in [5.74, 6) is 0. The largest absolute Gasteiger partial charge is 0.380 e. The number of fused-ring (bicyclic) bond motifs is 1. The molecule has 0 radical (unpaired) electrons. The van der Waals surface area contributed by atoms with Crippen LogP contribution in [0.15, 0.2) is 6.20 Å². The third-order valence-electron chi connectivity index (χ3n) is 3.86. The van der Waals surface area contributed by atoms with Crippen molar-refractivity contribution >= 4 is 16.3 Å². The van der Waals surface area contributed by atoms with Crippen molar-refractivity contribution in [3.8, 4) is 0 Å². The van der Waals surface area contributed by atoms with Crippen LogP contribution < -0.4 is 5.32 Å². The quantitative estimate of drug-likeness (QED) is 0.939. The normalized spacial score (nSPS) is 24.2. The summed E-state index contributed by atoms with van der Waals surface area (Å²) < 4.78 is 7.81. The van der Waals surface area contributed by atoms with Gasteiger partial charge >= 0.3 is 0 Å². The second-order valence-corrected chi connectivity index (χ2v) is 6.92. The third kappa shape index (κ3) is 2.55. The fourth-order valence-electron chi connectivity index (χ4n) is 2.69. The Balaban J connectivity index is 1.79. The molecular weight excluding hydrogens is 258 g/mol. The summed E-state index contributed by atoms with van der Waals surface area (Å²) in [7, 11) is 0. The van der Waals surface area contributed by atoms with Gasteiger partial charge in [0, 0.05) is 29.8 Å². The molecule has 2 aromatic heterocycles. The van der Waals surface area contributed by atoms with Gasteiger partial charge in [0.25, 0.3) is 0 Å². The van der Waals surface area contributed by atoms with Crippen molar-refractivity contribution in [2.24, 2.45) is 0 Å². The van der Waals surface area contributed by atoms with Crippen LogP contribution in [-0.2, 0) is 11.3 Å². The summed E-state index contributed by atoms with van der Waals surface area (Å²) >= 11 is 1.75. The predicted molar refractivity (Wildman–Crippen MR) is 77.8 cm³/mol. The number of thiazole rings is 1. The van der Waals surface area contributed by atoms with Gasteiger partial charge in [-0.1, -0.05) is 0 Å². The first kappa shape index (κ1) is 13.1. The van der Waals surface area contributed by atoms with Crippen molar-refractivity contribution in [2.45, 2.75) is 45.7 Å². The number of aryl methyl sites for hydroxylation is 2. The van der Waals surface area contributed by atoms with E-state index in [1.807, 2.05) is 0 Å². The van der Waals surface area contributed by atoms with E-state index >= 15 is 0 Å². The molecular formula is C14H21N3OS. The smallest absolute Gasteiger partial charge is 0.194 e. The minimum absolute atomic E-state index is 0.0971. The molecule has 4 nitrogen and oxygen atoms in total. The molecule has 1 unspecified atom stereocenters. The van der Waals surface area contributed by atoms with Crippen molar-refractivity contribution in [1.29, 1.82) is 0 Å². The number of imidazole rings is 1. The third-order valence-corrected chi connectivity index (χ3v) is 4.76. The zero-order valence-electron chi connectivity index (χ0n) is 11.8. The molecule has 0 bridgehead atoms. The summed E-state index contributed by atoms with van der Waals surface area (Å²) in [6.45, 7) is 9.02. The van der Waals surface area contributed by atoms with Gasteiger partial charge in [-0.25, -0.2) is 4.98 Å². The Morgan fingerprint density at radius 3 is 3.11 bits per heavy atom. The van der Waals surface area contributed by atoms with E-state index in [2.05, 4.69) is 41.7 Å². The summed E-state index contributed by atoms with van der Waals surface area (Å²) in [5, 5.41) is 3.66. The Morgan fingerprint density at radius 1 is 1.53 bits per heavy atom. The average Bonchev–Trinajstić information content (AvgIpc) is 2.83. The lowest BCUT2D eigenvalue weighted by molar-refractivity contribution is 0.0276. The molecule has 104 valence electrons. The van der Waals surface area contributed by atoms with E-state index in [0.717, 1.165) is 36.8 Å². The van der Waals surface area contributed by atoms with Gasteiger partial charge in [0.2, 0.25) is 0 Å². The molecule has 1 saturated heterocycles. The Bertz CT molecular complexity index is 581. The van der Waals surface area contributed by atoms with Crippen LogP contribution in [-0.4, -0.2) is 28.1 Å². The standard InChI is InChI=1S/C14H21N3OS/c1-10-8-17-12(11(2)16-13(17)19-10)7-15-14(3)5-4-6-18-9-14/h8,15H,4-7,9H2,1-3H3. The molecule has 3 heterocycles. The first-order chi connectivity index (χ1) is 9.07. The van der Waals surface area contributed by atoms with Crippen molar-refractivity contribution in [2.75, 3.05) is 13.2 Å². The second kappa shape index (κ2) is 4.89. The summed E-state index contributed by atoms with van der Waals surface area (Å²) in [6.07, 6.45) is 4.50. The maximum absolute atomic E-state index is 5.59. The molecule has 3 rings (SSSR count). The van der Waals surface area contributed by atoms with Crippen LogP contribution in [0.4, 0.5) is 0 Å². The fourth-order valence-corrected chi connectivity index (χ4v) is 3.58. The highest BCUT2D eigenvalue weighted by atomic mass is 32.1. The van der Waals surface area contributed by atoms with Crippen LogP contribution >= 0.6 is 11.3 Å². The summed E-state index contributed by atoms with van der Waals surface area (Å²) in [6, 6.07) is 0. The number of hydrogen-bond donors (Lipinski definition) is 1. The molecule has 0 aliphatic carbocycles. The maximum atomic E-state index is 5.59. The van der Waals surface area contributed by atoms with Gasteiger partial charge in [-0.3, -0.25) is 4.40 Å². The van der Waals surface area contributed by atoms with Crippen LogP contribution in [0.3, 0.4) is 0 Å². The first-order valence-corrected chi connectivity index (χ1v) is 7.66. The topological polar surface area (TPSA) is 38.6 Å². The SMILES string of the molecule is Cc1cn2c(CNC3(C)CCCOC3)c(C)nc2s1. The van der Waals surface area contributed by atoms with E-state index in [1.54, 1.807) is 11.3 Å². The van der Waals surface area contributed by atoms with E-state index in [9.17, 15) is 0 Å². The summed E-state index contributed by atoms with van der Waals surface area (Å²) in [5.41, 5.74) is 2.49. The van der Waals surface area contributed by atoms with E-state index < -0.39 is 0 Å². The molecule has 0 amide bonds. The van der Waals surface area contributed by atoms with Gasteiger partial charge in [0.15, 0.2) is 4.96 Å². The van der Waals surface area contributed by atoms with E-state index in [-0.39, 0.29) is 5.54 Å². The van der Waals surface area contributed by atoms with Crippen molar-refractivity contribution in [1.82, 2.24) is 14.7 Å². The van der Waals surface area contributed by atoms with Crippen molar-refractivity contribution in [3.05, 3.63) is 22.5 Å². The number of nitrogens with zero attached hydrogens (tertiary/aromatic N) is 2. The molecule has 5 heteroatoms. The van der Waals surface area contributed by atoms with Gasteiger partial charge in [-0.05, 0) is 33.6 Å². The maximum Gasteiger partial charge on any atom is 0.194 e. The Kier molecular flexibility index (Phi) is 3.37. The van der Waals surface area contributed by atoms with E-state index in [4.69, 9.17) is 4.74 Å². The lowest BCUT2D eigenvalue weighted by atomic mass is 9.95. The van der Waals surface area contributed by atoms with Gasteiger partial charge in [-0.15, -0.1) is 11.3 Å². The minimum atomic E-state index is 0.0971. The zero-order chi connectivity index (χ0) is 13.5. The molecule has 19 heavy (non-hydrogen) atoms. The molecule has 1 aliphatic heterocycles. The van der Waals surface area contributed by atoms with E-state index in [1.165, 1.54) is 17.0 Å². The fraction of sp³-hybridized carbons (Fsp3) is 0.643. The number of nitrogens with one attached hydrogen (secondary N) is 1. The highest BCUT2D eigenvalue weighted by Gasteiger charge is 2.27. The van der Waals surface area contributed by atoms with Gasteiger partial charge in [-0.2, -0.15) is 0 Å². The molecule has 0 aromatic carbocycles. The first-order valence-electron chi connectivity index (χ1n) is 6.84.